The molecule has 0 aromatic heterocycles. The average molecular weight is 489 g/mol. The molecular formula is C20H26F2IN3O. The van der Waals surface area contributed by atoms with E-state index in [-0.39, 0.29) is 42.2 Å². The predicted octanol–water partition coefficient (Wildman–Crippen LogP) is 4.03. The minimum Gasteiger partial charge on any atom is -0.380 e. The molecule has 0 spiro atoms. The Bertz CT molecular complexity index is 741. The number of guanidine groups is 1. The molecule has 4 nitrogen and oxygen atoms in total. The van der Waals surface area contributed by atoms with Crippen molar-refractivity contribution < 1.29 is 13.5 Å². The predicted molar refractivity (Wildman–Crippen MR) is 115 cm³/mol. The van der Waals surface area contributed by atoms with Gasteiger partial charge >= 0.3 is 0 Å². The highest BCUT2D eigenvalue weighted by Crippen LogP contribution is 2.12. The molecule has 0 amide bonds. The molecule has 2 N–H and O–H groups in total. The smallest absolute Gasteiger partial charge is 0.191 e. The van der Waals surface area contributed by atoms with Crippen LogP contribution in [0.1, 0.15) is 23.6 Å². The van der Waals surface area contributed by atoms with Gasteiger partial charge in [0.15, 0.2) is 5.96 Å². The summed E-state index contributed by atoms with van der Waals surface area (Å²) in [6, 6.07) is 11.6. The Morgan fingerprint density at radius 2 is 1.78 bits per heavy atom. The summed E-state index contributed by atoms with van der Waals surface area (Å²) in [6.07, 6.45) is 0.561. The number of benzene rings is 2. The van der Waals surface area contributed by atoms with E-state index in [0.29, 0.717) is 43.1 Å². The summed E-state index contributed by atoms with van der Waals surface area (Å²) >= 11 is 0. The zero-order chi connectivity index (χ0) is 18.8. The number of aliphatic imine (C=N–C) groups is 1. The van der Waals surface area contributed by atoms with E-state index < -0.39 is 0 Å². The largest absolute Gasteiger partial charge is 0.380 e. The van der Waals surface area contributed by atoms with Crippen LogP contribution in [0.2, 0.25) is 0 Å². The summed E-state index contributed by atoms with van der Waals surface area (Å²) < 4.78 is 32.3. The van der Waals surface area contributed by atoms with Crippen LogP contribution in [-0.2, 0) is 24.3 Å². The van der Waals surface area contributed by atoms with E-state index in [1.54, 1.807) is 24.3 Å². The van der Waals surface area contributed by atoms with Gasteiger partial charge in [0.2, 0.25) is 0 Å². The molecule has 7 heteroatoms. The fourth-order valence-corrected chi connectivity index (χ4v) is 2.52. The van der Waals surface area contributed by atoms with Crippen molar-refractivity contribution in [3.8, 4) is 0 Å². The van der Waals surface area contributed by atoms with Gasteiger partial charge in [0.05, 0.1) is 13.2 Å². The van der Waals surface area contributed by atoms with Gasteiger partial charge in [-0.15, -0.1) is 24.0 Å². The van der Waals surface area contributed by atoms with Crippen molar-refractivity contribution in [2.75, 3.05) is 20.2 Å². The lowest BCUT2D eigenvalue weighted by molar-refractivity contribution is 0.181. The Hall–Kier alpha value is -1.74. The van der Waals surface area contributed by atoms with Crippen molar-refractivity contribution in [3.05, 3.63) is 70.8 Å². The second-order valence-corrected chi connectivity index (χ2v) is 5.82. The van der Waals surface area contributed by atoms with E-state index in [1.807, 2.05) is 13.0 Å². The molecule has 0 fully saturated rings. The highest BCUT2D eigenvalue weighted by atomic mass is 127. The highest BCUT2D eigenvalue weighted by molar-refractivity contribution is 14.0. The summed E-state index contributed by atoms with van der Waals surface area (Å²) in [5.74, 6) is 0.157. The SMILES string of the molecule is CCNC(=NCc1ccc(F)c(COC)c1)NCCc1ccccc1F.I. The topological polar surface area (TPSA) is 45.7 Å². The normalized spacial score (nSPS) is 11.0. The second kappa shape index (κ2) is 12.6. The molecule has 0 heterocycles. The van der Waals surface area contributed by atoms with Crippen LogP contribution in [0, 0.1) is 11.6 Å². The monoisotopic (exact) mass is 489 g/mol. The Labute approximate surface area is 176 Å². The molecule has 0 saturated heterocycles. The molecule has 0 atom stereocenters. The van der Waals surface area contributed by atoms with Crippen molar-refractivity contribution in [2.24, 2.45) is 4.99 Å². The fourth-order valence-electron chi connectivity index (χ4n) is 2.52. The Morgan fingerprint density at radius 1 is 1.04 bits per heavy atom. The number of nitrogens with one attached hydrogen (secondary N) is 2. The van der Waals surface area contributed by atoms with E-state index >= 15 is 0 Å². The molecule has 2 rings (SSSR count). The zero-order valence-corrected chi connectivity index (χ0v) is 17.9. The van der Waals surface area contributed by atoms with Gasteiger partial charge in [-0.1, -0.05) is 24.3 Å². The number of hydrogen-bond acceptors (Lipinski definition) is 2. The highest BCUT2D eigenvalue weighted by Gasteiger charge is 2.05. The van der Waals surface area contributed by atoms with Crippen LogP contribution in [0.5, 0.6) is 0 Å². The van der Waals surface area contributed by atoms with Gasteiger partial charge in [-0.05, 0) is 42.7 Å². The third-order valence-corrected chi connectivity index (χ3v) is 3.82. The first-order valence-electron chi connectivity index (χ1n) is 8.65. The molecule has 0 aliphatic rings. The lowest BCUT2D eigenvalue weighted by atomic mass is 10.1. The van der Waals surface area contributed by atoms with E-state index in [4.69, 9.17) is 4.74 Å². The molecule has 0 aliphatic heterocycles. The van der Waals surface area contributed by atoms with Gasteiger partial charge in [-0.3, -0.25) is 0 Å². The maximum absolute atomic E-state index is 13.7. The van der Waals surface area contributed by atoms with Gasteiger partial charge in [0, 0.05) is 25.8 Å². The summed E-state index contributed by atoms with van der Waals surface area (Å²) in [5, 5.41) is 6.34. The number of nitrogens with zero attached hydrogens (tertiary/aromatic N) is 1. The van der Waals surface area contributed by atoms with Crippen LogP contribution < -0.4 is 10.6 Å². The molecule has 0 bridgehead atoms. The summed E-state index contributed by atoms with van der Waals surface area (Å²) in [5.41, 5.74) is 2.07. The number of hydrogen-bond donors (Lipinski definition) is 2. The van der Waals surface area contributed by atoms with Crippen LogP contribution in [0.15, 0.2) is 47.5 Å². The van der Waals surface area contributed by atoms with Gasteiger partial charge in [0.1, 0.15) is 11.6 Å². The minimum absolute atomic E-state index is 0. The third kappa shape index (κ3) is 7.80. The van der Waals surface area contributed by atoms with E-state index in [9.17, 15) is 8.78 Å². The van der Waals surface area contributed by atoms with Crippen LogP contribution in [-0.4, -0.2) is 26.2 Å². The Morgan fingerprint density at radius 3 is 2.48 bits per heavy atom. The standard InChI is InChI=1S/C20H25F2N3O.HI/c1-3-23-20(24-11-10-16-6-4-5-7-18(16)21)25-13-15-8-9-19(22)17(12-15)14-26-2;/h4-9,12H,3,10-11,13-14H2,1-2H3,(H2,23,24,25);1H. The maximum Gasteiger partial charge on any atom is 0.191 e. The van der Waals surface area contributed by atoms with Crippen LogP contribution in [0.25, 0.3) is 0 Å². The molecule has 2 aromatic carbocycles. The summed E-state index contributed by atoms with van der Waals surface area (Å²) in [4.78, 5) is 4.51. The fraction of sp³-hybridized carbons (Fsp3) is 0.350. The lowest BCUT2D eigenvalue weighted by Crippen LogP contribution is -2.38. The average Bonchev–Trinajstić information content (AvgIpc) is 2.64. The molecule has 27 heavy (non-hydrogen) atoms. The molecular weight excluding hydrogens is 463 g/mol. The van der Waals surface area contributed by atoms with E-state index in [1.165, 1.54) is 19.2 Å². The first-order valence-corrected chi connectivity index (χ1v) is 8.65. The quantitative estimate of drug-likeness (QED) is 0.335. The Kier molecular flexibility index (Phi) is 10.9. The van der Waals surface area contributed by atoms with Crippen molar-refractivity contribution in [2.45, 2.75) is 26.5 Å². The Balaban J connectivity index is 0.00000364. The zero-order valence-electron chi connectivity index (χ0n) is 15.6. The second-order valence-electron chi connectivity index (χ2n) is 5.82. The summed E-state index contributed by atoms with van der Waals surface area (Å²) in [7, 11) is 1.53. The van der Waals surface area contributed by atoms with Gasteiger partial charge in [-0.2, -0.15) is 0 Å². The maximum atomic E-state index is 13.7. The van der Waals surface area contributed by atoms with Crippen LogP contribution in [0.4, 0.5) is 8.78 Å². The first kappa shape index (κ1) is 23.3. The van der Waals surface area contributed by atoms with E-state index in [0.717, 1.165) is 5.56 Å². The van der Waals surface area contributed by atoms with Gasteiger partial charge in [0.25, 0.3) is 0 Å². The van der Waals surface area contributed by atoms with Crippen molar-refractivity contribution in [1.82, 2.24) is 10.6 Å². The number of rotatable bonds is 8. The molecule has 148 valence electrons. The third-order valence-electron chi connectivity index (χ3n) is 3.82. The minimum atomic E-state index is -0.283. The van der Waals surface area contributed by atoms with Crippen LogP contribution >= 0.6 is 24.0 Å². The number of methoxy groups -OCH3 is 1. The first-order chi connectivity index (χ1) is 12.6. The van der Waals surface area contributed by atoms with Crippen molar-refractivity contribution >= 4 is 29.9 Å². The van der Waals surface area contributed by atoms with Crippen molar-refractivity contribution in [3.63, 3.8) is 0 Å². The molecule has 0 radical (unpaired) electrons. The molecule has 0 unspecified atom stereocenters. The molecule has 2 aromatic rings. The van der Waals surface area contributed by atoms with E-state index in [2.05, 4.69) is 15.6 Å². The lowest BCUT2D eigenvalue weighted by Gasteiger charge is -2.12. The number of ether oxygens (including phenoxy) is 1. The molecule has 0 saturated carbocycles. The molecule has 0 aliphatic carbocycles. The van der Waals surface area contributed by atoms with Gasteiger partial charge in [-0.25, -0.2) is 13.8 Å². The summed E-state index contributed by atoms with van der Waals surface area (Å²) in [6.45, 7) is 3.88. The van der Waals surface area contributed by atoms with Crippen LogP contribution in [0.3, 0.4) is 0 Å². The van der Waals surface area contributed by atoms with Gasteiger partial charge < -0.3 is 15.4 Å². The number of halogens is 3. The van der Waals surface area contributed by atoms with Crippen molar-refractivity contribution in [1.29, 1.82) is 0 Å².